The quantitative estimate of drug-likeness (QED) is 0.871. The summed E-state index contributed by atoms with van der Waals surface area (Å²) in [5.74, 6) is -0.878. The Bertz CT molecular complexity index is 626. The summed E-state index contributed by atoms with van der Waals surface area (Å²) in [5, 5.41) is 3.34. The van der Waals surface area contributed by atoms with Crippen molar-refractivity contribution in [2.45, 2.75) is 33.4 Å². The number of hydrogen-bond acceptors (Lipinski definition) is 2. The molecule has 0 saturated carbocycles. The fraction of sp³-hybridized carbons (Fsp3) is 0.294. The SMILES string of the molecule is Cc1cc(CNC(C)C)ccc1Oc1ccc(F)c(F)c1. The van der Waals surface area contributed by atoms with Gasteiger partial charge in [0.25, 0.3) is 0 Å². The Balaban J connectivity index is 2.11. The van der Waals surface area contributed by atoms with Crippen molar-refractivity contribution in [1.29, 1.82) is 0 Å². The summed E-state index contributed by atoms with van der Waals surface area (Å²) in [6.45, 7) is 6.89. The molecule has 21 heavy (non-hydrogen) atoms. The minimum absolute atomic E-state index is 0.282. The molecule has 0 unspecified atom stereocenters. The van der Waals surface area contributed by atoms with E-state index in [1.807, 2.05) is 25.1 Å². The Morgan fingerprint density at radius 3 is 2.43 bits per heavy atom. The number of ether oxygens (including phenoxy) is 1. The van der Waals surface area contributed by atoms with Gasteiger partial charge in [0.2, 0.25) is 0 Å². The normalized spacial score (nSPS) is 11.0. The van der Waals surface area contributed by atoms with Crippen LogP contribution in [-0.4, -0.2) is 6.04 Å². The number of benzene rings is 2. The van der Waals surface area contributed by atoms with E-state index in [4.69, 9.17) is 4.74 Å². The van der Waals surface area contributed by atoms with Crippen LogP contribution in [0, 0.1) is 18.6 Å². The van der Waals surface area contributed by atoms with Crippen molar-refractivity contribution in [1.82, 2.24) is 5.32 Å². The van der Waals surface area contributed by atoms with Crippen molar-refractivity contribution < 1.29 is 13.5 Å². The Hall–Kier alpha value is -1.94. The fourth-order valence-corrected chi connectivity index (χ4v) is 1.93. The van der Waals surface area contributed by atoms with Gasteiger partial charge in [0, 0.05) is 18.7 Å². The predicted molar refractivity (Wildman–Crippen MR) is 79.6 cm³/mol. The number of nitrogens with one attached hydrogen (secondary N) is 1. The van der Waals surface area contributed by atoms with Crippen LogP contribution >= 0.6 is 0 Å². The maximum atomic E-state index is 13.2. The lowest BCUT2D eigenvalue weighted by atomic mass is 10.1. The van der Waals surface area contributed by atoms with E-state index < -0.39 is 11.6 Å². The fourth-order valence-electron chi connectivity index (χ4n) is 1.93. The first-order chi connectivity index (χ1) is 9.95. The van der Waals surface area contributed by atoms with Crippen molar-refractivity contribution in [2.24, 2.45) is 0 Å². The van der Waals surface area contributed by atoms with Gasteiger partial charge in [-0.2, -0.15) is 0 Å². The third-order valence-electron chi connectivity index (χ3n) is 3.07. The third kappa shape index (κ3) is 4.26. The van der Waals surface area contributed by atoms with Gasteiger partial charge in [0.05, 0.1) is 0 Å². The first-order valence-corrected chi connectivity index (χ1v) is 6.91. The number of hydrogen-bond donors (Lipinski definition) is 1. The number of aryl methyl sites for hydroxylation is 1. The van der Waals surface area contributed by atoms with Gasteiger partial charge in [-0.05, 0) is 36.2 Å². The minimum Gasteiger partial charge on any atom is -0.457 e. The molecule has 4 heteroatoms. The van der Waals surface area contributed by atoms with Crippen LogP contribution in [0.2, 0.25) is 0 Å². The van der Waals surface area contributed by atoms with E-state index in [9.17, 15) is 8.78 Å². The van der Waals surface area contributed by atoms with E-state index in [0.29, 0.717) is 11.8 Å². The summed E-state index contributed by atoms with van der Waals surface area (Å²) in [7, 11) is 0. The second kappa shape index (κ2) is 6.68. The standard InChI is InChI=1S/C17H19F2NO/c1-11(2)20-10-13-4-7-17(12(3)8-13)21-14-5-6-15(18)16(19)9-14/h4-9,11,20H,10H2,1-3H3. The monoisotopic (exact) mass is 291 g/mol. The molecule has 0 aliphatic carbocycles. The molecule has 2 rings (SSSR count). The first-order valence-electron chi connectivity index (χ1n) is 6.91. The Labute approximate surface area is 123 Å². The molecule has 112 valence electrons. The summed E-state index contributed by atoms with van der Waals surface area (Å²) < 4.78 is 31.6. The van der Waals surface area contributed by atoms with Crippen LogP contribution in [0.3, 0.4) is 0 Å². The van der Waals surface area contributed by atoms with Gasteiger partial charge in [0.1, 0.15) is 11.5 Å². The van der Waals surface area contributed by atoms with Gasteiger partial charge < -0.3 is 10.1 Å². The van der Waals surface area contributed by atoms with Gasteiger partial charge in [-0.15, -0.1) is 0 Å². The molecule has 2 aromatic carbocycles. The smallest absolute Gasteiger partial charge is 0.162 e. The largest absolute Gasteiger partial charge is 0.457 e. The number of halogens is 2. The second-order valence-electron chi connectivity index (χ2n) is 5.31. The van der Waals surface area contributed by atoms with E-state index >= 15 is 0 Å². The molecule has 0 aliphatic heterocycles. The van der Waals surface area contributed by atoms with Crippen molar-refractivity contribution in [3.05, 3.63) is 59.2 Å². The third-order valence-corrected chi connectivity index (χ3v) is 3.07. The lowest BCUT2D eigenvalue weighted by Crippen LogP contribution is -2.21. The molecule has 0 radical (unpaired) electrons. The van der Waals surface area contributed by atoms with Crippen LogP contribution in [0.15, 0.2) is 36.4 Å². The van der Waals surface area contributed by atoms with E-state index in [1.54, 1.807) is 0 Å². The van der Waals surface area contributed by atoms with Crippen molar-refractivity contribution in [3.63, 3.8) is 0 Å². The van der Waals surface area contributed by atoms with E-state index in [1.165, 1.54) is 6.07 Å². The van der Waals surface area contributed by atoms with Gasteiger partial charge in [-0.3, -0.25) is 0 Å². The van der Waals surface area contributed by atoms with Gasteiger partial charge in [0.15, 0.2) is 11.6 Å². The van der Waals surface area contributed by atoms with Crippen molar-refractivity contribution in [2.75, 3.05) is 0 Å². The summed E-state index contributed by atoms with van der Waals surface area (Å²) in [4.78, 5) is 0. The summed E-state index contributed by atoms with van der Waals surface area (Å²) >= 11 is 0. The van der Waals surface area contributed by atoms with Crippen LogP contribution in [-0.2, 0) is 6.54 Å². The average Bonchev–Trinajstić information content (AvgIpc) is 2.43. The zero-order valence-corrected chi connectivity index (χ0v) is 12.4. The first kappa shape index (κ1) is 15.4. The molecule has 0 fully saturated rings. The van der Waals surface area contributed by atoms with E-state index in [2.05, 4.69) is 19.2 Å². The Kier molecular flexibility index (Phi) is 4.91. The molecule has 0 bridgehead atoms. The summed E-state index contributed by atoms with van der Waals surface area (Å²) in [5.41, 5.74) is 2.10. The van der Waals surface area contributed by atoms with Gasteiger partial charge in [-0.25, -0.2) is 8.78 Å². The molecule has 0 atom stereocenters. The minimum atomic E-state index is -0.914. The molecule has 1 N–H and O–H groups in total. The Morgan fingerprint density at radius 2 is 1.81 bits per heavy atom. The van der Waals surface area contributed by atoms with Gasteiger partial charge >= 0.3 is 0 Å². The zero-order valence-electron chi connectivity index (χ0n) is 12.4. The highest BCUT2D eigenvalue weighted by molar-refractivity contribution is 5.39. The molecular formula is C17H19F2NO. The molecular weight excluding hydrogens is 272 g/mol. The molecule has 2 aromatic rings. The predicted octanol–water partition coefficient (Wildman–Crippen LogP) is 4.56. The molecule has 0 aliphatic rings. The summed E-state index contributed by atoms with van der Waals surface area (Å²) in [6, 6.07) is 9.75. The van der Waals surface area contributed by atoms with Crippen molar-refractivity contribution >= 4 is 0 Å². The highest BCUT2D eigenvalue weighted by Gasteiger charge is 2.07. The van der Waals surface area contributed by atoms with Crippen LogP contribution < -0.4 is 10.1 Å². The second-order valence-corrected chi connectivity index (χ2v) is 5.31. The Morgan fingerprint density at radius 1 is 1.05 bits per heavy atom. The zero-order chi connectivity index (χ0) is 15.4. The molecule has 0 saturated heterocycles. The molecule has 2 nitrogen and oxygen atoms in total. The lowest BCUT2D eigenvalue weighted by molar-refractivity contribution is 0.459. The van der Waals surface area contributed by atoms with E-state index in [0.717, 1.165) is 29.8 Å². The van der Waals surface area contributed by atoms with Crippen molar-refractivity contribution in [3.8, 4) is 11.5 Å². The van der Waals surface area contributed by atoms with Crippen LogP contribution in [0.4, 0.5) is 8.78 Å². The summed E-state index contributed by atoms with van der Waals surface area (Å²) in [6.07, 6.45) is 0. The average molecular weight is 291 g/mol. The highest BCUT2D eigenvalue weighted by atomic mass is 19.2. The molecule has 0 amide bonds. The topological polar surface area (TPSA) is 21.3 Å². The highest BCUT2D eigenvalue weighted by Crippen LogP contribution is 2.26. The molecule has 0 heterocycles. The lowest BCUT2D eigenvalue weighted by Gasteiger charge is -2.12. The van der Waals surface area contributed by atoms with Gasteiger partial charge in [-0.1, -0.05) is 26.0 Å². The maximum absolute atomic E-state index is 13.2. The number of rotatable bonds is 5. The molecule has 0 aromatic heterocycles. The van der Waals surface area contributed by atoms with E-state index in [-0.39, 0.29) is 5.75 Å². The van der Waals surface area contributed by atoms with Crippen LogP contribution in [0.5, 0.6) is 11.5 Å². The molecule has 0 spiro atoms. The maximum Gasteiger partial charge on any atom is 0.162 e. The van der Waals surface area contributed by atoms with Crippen LogP contribution in [0.1, 0.15) is 25.0 Å². The van der Waals surface area contributed by atoms with Crippen LogP contribution in [0.25, 0.3) is 0 Å².